The van der Waals surface area contributed by atoms with Gasteiger partial charge in [0.15, 0.2) is 0 Å². The molecule has 0 atom stereocenters. The van der Waals surface area contributed by atoms with Gasteiger partial charge < -0.3 is 10.1 Å². The predicted octanol–water partition coefficient (Wildman–Crippen LogP) is 4.56. The van der Waals surface area contributed by atoms with E-state index in [0.29, 0.717) is 16.9 Å². The number of carbonyl (C=O) groups excluding carboxylic acids is 1. The summed E-state index contributed by atoms with van der Waals surface area (Å²) >= 11 is 0. The summed E-state index contributed by atoms with van der Waals surface area (Å²) in [6.07, 6.45) is 3.56. The van der Waals surface area contributed by atoms with Crippen molar-refractivity contribution < 1.29 is 13.9 Å². The van der Waals surface area contributed by atoms with E-state index in [1.165, 1.54) is 29.8 Å². The van der Waals surface area contributed by atoms with E-state index in [4.69, 9.17) is 4.74 Å². The fourth-order valence-corrected chi connectivity index (χ4v) is 3.97. The van der Waals surface area contributed by atoms with Gasteiger partial charge in [0.1, 0.15) is 17.4 Å². The number of hydrogen-bond acceptors (Lipinski definition) is 5. The van der Waals surface area contributed by atoms with Crippen LogP contribution < -0.4 is 10.1 Å². The lowest BCUT2D eigenvalue weighted by Crippen LogP contribution is -2.33. The Morgan fingerprint density at radius 2 is 1.81 bits per heavy atom. The van der Waals surface area contributed by atoms with E-state index in [0.717, 1.165) is 44.0 Å². The first-order valence-electron chi connectivity index (χ1n) is 10.8. The summed E-state index contributed by atoms with van der Waals surface area (Å²) < 4.78 is 18.3. The second kappa shape index (κ2) is 9.87. The Morgan fingerprint density at radius 1 is 1.12 bits per heavy atom. The molecule has 7 heteroatoms. The first-order chi connectivity index (χ1) is 15.5. The van der Waals surface area contributed by atoms with E-state index in [9.17, 15) is 9.18 Å². The average Bonchev–Trinajstić information content (AvgIpc) is 2.81. The van der Waals surface area contributed by atoms with Crippen LogP contribution in [0.2, 0.25) is 0 Å². The van der Waals surface area contributed by atoms with Gasteiger partial charge in [-0.3, -0.25) is 9.69 Å². The molecule has 4 rings (SSSR count). The fraction of sp³-hybridized carbons (Fsp3) is 0.320. The van der Waals surface area contributed by atoms with Crippen molar-refractivity contribution in [3.8, 4) is 5.75 Å². The molecule has 1 aromatic heterocycles. The number of benzene rings is 2. The molecule has 1 fully saturated rings. The normalized spacial score (nSPS) is 14.8. The Labute approximate surface area is 187 Å². The SMILES string of the molecule is COc1ccc(CN2CCC(c3ncc(C(=O)Nc4ccc(F)cc4)c(C)n3)CC2)cc1. The molecule has 0 aliphatic carbocycles. The summed E-state index contributed by atoms with van der Waals surface area (Å²) in [7, 11) is 1.67. The highest BCUT2D eigenvalue weighted by Gasteiger charge is 2.24. The second-order valence-electron chi connectivity index (χ2n) is 8.09. The number of aromatic nitrogens is 2. The fourth-order valence-electron chi connectivity index (χ4n) is 3.97. The average molecular weight is 435 g/mol. The summed E-state index contributed by atoms with van der Waals surface area (Å²) in [4.78, 5) is 24.1. The quantitative estimate of drug-likeness (QED) is 0.616. The Balaban J connectivity index is 1.34. The van der Waals surface area contributed by atoms with Crippen LogP contribution in [-0.4, -0.2) is 41.0 Å². The summed E-state index contributed by atoms with van der Waals surface area (Å²) in [5.74, 6) is 1.31. The Kier molecular flexibility index (Phi) is 6.75. The van der Waals surface area contributed by atoms with Gasteiger partial charge in [-0.25, -0.2) is 14.4 Å². The monoisotopic (exact) mass is 434 g/mol. The highest BCUT2D eigenvalue weighted by atomic mass is 19.1. The van der Waals surface area contributed by atoms with Crippen LogP contribution in [0.15, 0.2) is 54.7 Å². The number of amides is 1. The van der Waals surface area contributed by atoms with E-state index < -0.39 is 0 Å². The first kappa shape index (κ1) is 21.9. The predicted molar refractivity (Wildman–Crippen MR) is 121 cm³/mol. The van der Waals surface area contributed by atoms with Gasteiger partial charge >= 0.3 is 0 Å². The van der Waals surface area contributed by atoms with E-state index in [1.54, 1.807) is 13.3 Å². The molecular weight excluding hydrogens is 407 g/mol. The molecular formula is C25H27FN4O2. The van der Waals surface area contributed by atoms with Gasteiger partial charge in [0.2, 0.25) is 0 Å². The van der Waals surface area contributed by atoms with E-state index in [1.807, 2.05) is 19.1 Å². The van der Waals surface area contributed by atoms with Gasteiger partial charge in [-0.15, -0.1) is 0 Å². The first-order valence-corrected chi connectivity index (χ1v) is 10.8. The number of nitrogens with zero attached hydrogens (tertiary/aromatic N) is 3. The van der Waals surface area contributed by atoms with E-state index in [2.05, 4.69) is 32.3 Å². The van der Waals surface area contributed by atoms with Crippen LogP contribution in [0.1, 0.15) is 46.2 Å². The minimum atomic E-state index is -0.345. The molecule has 6 nitrogen and oxygen atoms in total. The van der Waals surface area contributed by atoms with Crippen molar-refractivity contribution in [1.29, 1.82) is 0 Å². The van der Waals surface area contributed by atoms with Gasteiger partial charge in [-0.2, -0.15) is 0 Å². The molecule has 1 amide bonds. The number of hydrogen-bond donors (Lipinski definition) is 1. The lowest BCUT2D eigenvalue weighted by molar-refractivity contribution is 0.102. The van der Waals surface area contributed by atoms with Gasteiger partial charge in [0.25, 0.3) is 5.91 Å². The number of ether oxygens (including phenoxy) is 1. The van der Waals surface area contributed by atoms with Crippen LogP contribution in [0.3, 0.4) is 0 Å². The zero-order chi connectivity index (χ0) is 22.5. The minimum Gasteiger partial charge on any atom is -0.497 e. The summed E-state index contributed by atoms with van der Waals surface area (Å²) in [6.45, 7) is 4.69. The number of aryl methyl sites for hydroxylation is 1. The number of nitrogens with one attached hydrogen (secondary N) is 1. The lowest BCUT2D eigenvalue weighted by Gasteiger charge is -2.31. The van der Waals surface area contributed by atoms with E-state index >= 15 is 0 Å². The molecule has 0 unspecified atom stereocenters. The van der Waals surface area contributed by atoms with Gasteiger partial charge in [-0.05, 0) is 74.8 Å². The minimum absolute atomic E-state index is 0.287. The summed E-state index contributed by atoms with van der Waals surface area (Å²) in [5, 5.41) is 2.76. The number of piperidine rings is 1. The molecule has 166 valence electrons. The third kappa shape index (κ3) is 5.29. The molecule has 1 saturated heterocycles. The van der Waals surface area contributed by atoms with Gasteiger partial charge in [0, 0.05) is 24.3 Å². The number of rotatable bonds is 6. The van der Waals surface area contributed by atoms with Crippen molar-refractivity contribution in [2.45, 2.75) is 32.2 Å². The summed E-state index contributed by atoms with van der Waals surface area (Å²) in [6, 6.07) is 13.9. The maximum atomic E-state index is 13.1. The van der Waals surface area contributed by atoms with Crippen molar-refractivity contribution in [2.24, 2.45) is 0 Å². The van der Waals surface area contributed by atoms with Gasteiger partial charge in [0.05, 0.1) is 18.4 Å². The van der Waals surface area contributed by atoms with Crippen LogP contribution in [-0.2, 0) is 6.54 Å². The van der Waals surface area contributed by atoms with Crippen LogP contribution in [0.25, 0.3) is 0 Å². The third-order valence-corrected chi connectivity index (χ3v) is 5.86. The topological polar surface area (TPSA) is 67.3 Å². The molecule has 0 saturated carbocycles. The number of halogens is 1. The van der Waals surface area contributed by atoms with Crippen molar-refractivity contribution in [3.63, 3.8) is 0 Å². The number of methoxy groups -OCH3 is 1. The molecule has 32 heavy (non-hydrogen) atoms. The lowest BCUT2D eigenvalue weighted by atomic mass is 9.95. The second-order valence-corrected chi connectivity index (χ2v) is 8.09. The van der Waals surface area contributed by atoms with Crippen molar-refractivity contribution in [1.82, 2.24) is 14.9 Å². The zero-order valence-electron chi connectivity index (χ0n) is 18.3. The van der Waals surface area contributed by atoms with Crippen molar-refractivity contribution in [3.05, 3.63) is 83.2 Å². The highest BCUT2D eigenvalue weighted by Crippen LogP contribution is 2.27. The molecule has 2 heterocycles. The van der Waals surface area contributed by atoms with Crippen LogP contribution in [0, 0.1) is 12.7 Å². The third-order valence-electron chi connectivity index (χ3n) is 5.86. The molecule has 1 aliphatic heterocycles. The maximum absolute atomic E-state index is 13.1. The Morgan fingerprint density at radius 3 is 2.44 bits per heavy atom. The molecule has 1 aliphatic rings. The largest absolute Gasteiger partial charge is 0.497 e. The molecule has 2 aromatic carbocycles. The molecule has 0 radical (unpaired) electrons. The number of likely N-dealkylation sites (tertiary alicyclic amines) is 1. The van der Waals surface area contributed by atoms with E-state index in [-0.39, 0.29) is 17.6 Å². The Hall–Kier alpha value is -3.32. The van der Waals surface area contributed by atoms with Crippen LogP contribution >= 0.6 is 0 Å². The van der Waals surface area contributed by atoms with Crippen LogP contribution in [0.5, 0.6) is 5.75 Å². The molecule has 1 N–H and O–H groups in total. The standard InChI is InChI=1S/C25H27FN4O2/c1-17-23(25(31)29-21-7-5-20(26)6-8-21)15-27-24(28-17)19-11-13-30(14-12-19)16-18-3-9-22(32-2)10-4-18/h3-10,15,19H,11-14,16H2,1-2H3,(H,29,31). The van der Waals surface area contributed by atoms with Gasteiger partial charge in [-0.1, -0.05) is 12.1 Å². The van der Waals surface area contributed by atoms with Crippen molar-refractivity contribution in [2.75, 3.05) is 25.5 Å². The van der Waals surface area contributed by atoms with Crippen molar-refractivity contribution >= 4 is 11.6 Å². The van der Waals surface area contributed by atoms with Crippen LogP contribution in [0.4, 0.5) is 10.1 Å². The number of anilines is 1. The molecule has 3 aromatic rings. The Bertz CT molecular complexity index is 1060. The molecule has 0 bridgehead atoms. The highest BCUT2D eigenvalue weighted by molar-refractivity contribution is 6.04. The number of carbonyl (C=O) groups is 1. The zero-order valence-corrected chi connectivity index (χ0v) is 18.3. The smallest absolute Gasteiger partial charge is 0.259 e. The summed E-state index contributed by atoms with van der Waals surface area (Å²) in [5.41, 5.74) is 2.88. The molecule has 0 spiro atoms. The maximum Gasteiger partial charge on any atom is 0.259 e.